The number of hydrogen-bond donors (Lipinski definition) is 0. The lowest BCUT2D eigenvalue weighted by atomic mass is 9.78. The summed E-state index contributed by atoms with van der Waals surface area (Å²) in [6, 6.07) is 15.3. The Balaban J connectivity index is 2.22. The summed E-state index contributed by atoms with van der Waals surface area (Å²) in [6.45, 7) is 0. The zero-order valence-electron chi connectivity index (χ0n) is 8.16. The molecule has 69 valence electrons. The Bertz CT molecular complexity index is 447. The molecule has 2 aromatic carbocycles. The highest BCUT2D eigenvalue weighted by molar-refractivity contribution is 5.87. The van der Waals surface area contributed by atoms with E-state index >= 15 is 0 Å². The van der Waals surface area contributed by atoms with E-state index in [0.29, 0.717) is 0 Å². The van der Waals surface area contributed by atoms with Crippen molar-refractivity contribution >= 4 is 10.8 Å². The van der Waals surface area contributed by atoms with Crippen molar-refractivity contribution < 1.29 is 0 Å². The maximum atomic E-state index is 2.26. The molecule has 0 saturated heterocycles. The Morgan fingerprint density at radius 2 is 1.57 bits per heavy atom. The van der Waals surface area contributed by atoms with Crippen molar-refractivity contribution in [3.8, 4) is 0 Å². The first-order valence-corrected chi connectivity index (χ1v) is 5.28. The van der Waals surface area contributed by atoms with Gasteiger partial charge in [0.2, 0.25) is 0 Å². The third-order valence-electron chi connectivity index (χ3n) is 3.13. The Labute approximate surface area is 84.6 Å². The van der Waals surface area contributed by atoms with Crippen molar-refractivity contribution in [2.45, 2.75) is 19.3 Å². The van der Waals surface area contributed by atoms with Crippen molar-refractivity contribution in [3.05, 3.63) is 53.9 Å². The summed E-state index contributed by atoms with van der Waals surface area (Å²) in [7, 11) is 0. The van der Waals surface area contributed by atoms with Crippen LogP contribution in [0.15, 0.2) is 42.5 Å². The van der Waals surface area contributed by atoms with Gasteiger partial charge >= 0.3 is 0 Å². The minimum atomic E-state index is 1.30. The van der Waals surface area contributed by atoms with Crippen LogP contribution >= 0.6 is 0 Å². The second kappa shape index (κ2) is 3.13. The molecule has 0 bridgehead atoms. The monoisotopic (exact) mass is 181 g/mol. The van der Waals surface area contributed by atoms with E-state index < -0.39 is 0 Å². The van der Waals surface area contributed by atoms with Gasteiger partial charge in [0.25, 0.3) is 0 Å². The molecule has 1 radical (unpaired) electrons. The smallest absolute Gasteiger partial charge is 0.00562 e. The molecular formula is C14H13. The summed E-state index contributed by atoms with van der Waals surface area (Å²) in [5.41, 5.74) is 1.48. The molecule has 1 fully saturated rings. The van der Waals surface area contributed by atoms with E-state index in [9.17, 15) is 0 Å². The summed E-state index contributed by atoms with van der Waals surface area (Å²) < 4.78 is 0. The predicted molar refractivity (Wildman–Crippen MR) is 60.1 cm³/mol. The van der Waals surface area contributed by atoms with Crippen molar-refractivity contribution in [1.82, 2.24) is 0 Å². The van der Waals surface area contributed by atoms with E-state index in [0.717, 1.165) is 0 Å². The van der Waals surface area contributed by atoms with Gasteiger partial charge in [0.15, 0.2) is 0 Å². The zero-order valence-corrected chi connectivity index (χ0v) is 8.16. The highest BCUT2D eigenvalue weighted by atomic mass is 14.2. The first-order valence-electron chi connectivity index (χ1n) is 5.28. The van der Waals surface area contributed by atoms with Crippen molar-refractivity contribution in [2.75, 3.05) is 0 Å². The summed E-state index contributed by atoms with van der Waals surface area (Å²) in [5, 5.41) is 2.79. The van der Waals surface area contributed by atoms with Crippen LogP contribution in [0.3, 0.4) is 0 Å². The van der Waals surface area contributed by atoms with Gasteiger partial charge in [-0.3, -0.25) is 0 Å². The maximum absolute atomic E-state index is 2.26. The predicted octanol–water partition coefficient (Wildman–Crippen LogP) is 3.95. The molecule has 0 heterocycles. The third kappa shape index (κ3) is 1.14. The molecule has 0 atom stereocenters. The van der Waals surface area contributed by atoms with Crippen LogP contribution in [0.4, 0.5) is 0 Å². The van der Waals surface area contributed by atoms with Crippen LogP contribution in [0.1, 0.15) is 24.8 Å². The SMILES string of the molecule is c1ccc2c([C]3CCC3)cccc2c1. The maximum Gasteiger partial charge on any atom is 0.00562 e. The van der Waals surface area contributed by atoms with Crippen LogP contribution in [-0.4, -0.2) is 0 Å². The molecule has 14 heavy (non-hydrogen) atoms. The summed E-state index contributed by atoms with van der Waals surface area (Å²) in [5.74, 6) is 1.64. The molecule has 0 N–H and O–H groups in total. The molecule has 1 aliphatic rings. The standard InChI is InChI=1S/C14H13/c1-2-9-13-11(5-1)8-4-10-14(13)12-6-3-7-12/h1-2,4-5,8-10H,3,6-7H2. The largest absolute Gasteiger partial charge is 0.0616 e. The van der Waals surface area contributed by atoms with Gasteiger partial charge in [0.05, 0.1) is 0 Å². The normalized spacial score (nSPS) is 16.9. The fraction of sp³-hybridized carbons (Fsp3) is 0.214. The Kier molecular flexibility index (Phi) is 1.80. The lowest BCUT2D eigenvalue weighted by Crippen LogP contribution is -2.09. The Morgan fingerprint density at radius 3 is 2.36 bits per heavy atom. The van der Waals surface area contributed by atoms with Gasteiger partial charge < -0.3 is 0 Å². The van der Waals surface area contributed by atoms with Gasteiger partial charge in [0, 0.05) is 5.92 Å². The van der Waals surface area contributed by atoms with E-state index in [4.69, 9.17) is 0 Å². The van der Waals surface area contributed by atoms with Gasteiger partial charge in [0.1, 0.15) is 0 Å². The minimum Gasteiger partial charge on any atom is -0.0616 e. The molecule has 0 aromatic heterocycles. The molecule has 2 aromatic rings. The summed E-state index contributed by atoms with van der Waals surface area (Å²) in [4.78, 5) is 0. The Hall–Kier alpha value is -1.30. The molecule has 0 nitrogen and oxygen atoms in total. The highest BCUT2D eigenvalue weighted by Gasteiger charge is 2.21. The zero-order chi connectivity index (χ0) is 9.38. The lowest BCUT2D eigenvalue weighted by Gasteiger charge is -2.26. The Morgan fingerprint density at radius 1 is 0.786 bits per heavy atom. The van der Waals surface area contributed by atoms with Crippen LogP contribution in [0, 0.1) is 5.92 Å². The van der Waals surface area contributed by atoms with Crippen LogP contribution in [0.5, 0.6) is 0 Å². The van der Waals surface area contributed by atoms with E-state index in [2.05, 4.69) is 42.5 Å². The fourth-order valence-corrected chi connectivity index (χ4v) is 2.16. The first-order chi connectivity index (χ1) is 6.95. The third-order valence-corrected chi connectivity index (χ3v) is 3.13. The molecule has 0 unspecified atom stereocenters. The molecule has 0 heteroatoms. The number of benzene rings is 2. The van der Waals surface area contributed by atoms with Crippen molar-refractivity contribution in [2.24, 2.45) is 0 Å². The first kappa shape index (κ1) is 8.05. The van der Waals surface area contributed by atoms with Crippen LogP contribution < -0.4 is 0 Å². The molecule has 3 rings (SSSR count). The van der Waals surface area contributed by atoms with E-state index in [1.54, 1.807) is 5.92 Å². The molecule has 1 saturated carbocycles. The average molecular weight is 181 g/mol. The quantitative estimate of drug-likeness (QED) is 0.625. The topological polar surface area (TPSA) is 0 Å². The second-order valence-corrected chi connectivity index (χ2v) is 3.98. The number of rotatable bonds is 1. The van der Waals surface area contributed by atoms with E-state index in [1.165, 1.54) is 35.6 Å². The molecular weight excluding hydrogens is 168 g/mol. The van der Waals surface area contributed by atoms with Gasteiger partial charge in [-0.15, -0.1) is 0 Å². The summed E-state index contributed by atoms with van der Waals surface area (Å²) in [6.07, 6.45) is 3.97. The van der Waals surface area contributed by atoms with Crippen LogP contribution in [-0.2, 0) is 0 Å². The average Bonchev–Trinajstić information content (AvgIpc) is 2.16. The molecule has 0 spiro atoms. The van der Waals surface area contributed by atoms with Gasteiger partial charge in [-0.2, -0.15) is 0 Å². The second-order valence-electron chi connectivity index (χ2n) is 3.98. The molecule has 0 aliphatic heterocycles. The molecule has 0 amide bonds. The fourth-order valence-electron chi connectivity index (χ4n) is 2.16. The number of fused-ring (bicyclic) bond motifs is 1. The van der Waals surface area contributed by atoms with E-state index in [-0.39, 0.29) is 0 Å². The van der Waals surface area contributed by atoms with E-state index in [1.807, 2.05) is 0 Å². The highest BCUT2D eigenvalue weighted by Crippen LogP contribution is 2.38. The van der Waals surface area contributed by atoms with Gasteiger partial charge in [-0.25, -0.2) is 0 Å². The van der Waals surface area contributed by atoms with Crippen molar-refractivity contribution in [3.63, 3.8) is 0 Å². The van der Waals surface area contributed by atoms with Gasteiger partial charge in [-0.05, 0) is 29.2 Å². The lowest BCUT2D eigenvalue weighted by molar-refractivity contribution is 0.579. The van der Waals surface area contributed by atoms with Crippen LogP contribution in [0.25, 0.3) is 10.8 Å². The minimum absolute atomic E-state index is 1.30. The van der Waals surface area contributed by atoms with Gasteiger partial charge in [-0.1, -0.05) is 48.9 Å². The van der Waals surface area contributed by atoms with Crippen LogP contribution in [0.2, 0.25) is 0 Å². The molecule has 1 aliphatic carbocycles. The number of hydrogen-bond acceptors (Lipinski definition) is 0. The summed E-state index contributed by atoms with van der Waals surface area (Å²) >= 11 is 0. The van der Waals surface area contributed by atoms with Crippen molar-refractivity contribution in [1.29, 1.82) is 0 Å².